The number of para-hydroxylation sites is 1. The summed E-state index contributed by atoms with van der Waals surface area (Å²) in [6.07, 6.45) is 0. The number of aliphatic hydroxyl groups is 1. The minimum Gasteiger partial charge on any atom is -0.492 e. The Morgan fingerprint density at radius 3 is 2.77 bits per heavy atom. The summed E-state index contributed by atoms with van der Waals surface area (Å²) in [7, 11) is 0. The fourth-order valence-electron chi connectivity index (χ4n) is 3.32. The van der Waals surface area contributed by atoms with E-state index >= 15 is 0 Å². The van der Waals surface area contributed by atoms with Crippen molar-refractivity contribution in [3.8, 4) is 5.75 Å². The Bertz CT molecular complexity index is 805. The van der Waals surface area contributed by atoms with Gasteiger partial charge in [0.25, 0.3) is 0 Å². The lowest BCUT2D eigenvalue weighted by atomic mass is 10.1. The van der Waals surface area contributed by atoms with Crippen LogP contribution in [0.5, 0.6) is 5.75 Å². The van der Waals surface area contributed by atoms with Crippen molar-refractivity contribution in [2.45, 2.75) is 26.0 Å². The summed E-state index contributed by atoms with van der Waals surface area (Å²) in [5.74, 6) is 1.53. The highest BCUT2D eigenvalue weighted by Crippen LogP contribution is 2.24. The zero-order valence-corrected chi connectivity index (χ0v) is 19.3. The molecule has 0 saturated carbocycles. The molecule has 3 rings (SSSR count). The molecule has 1 saturated heterocycles. The van der Waals surface area contributed by atoms with E-state index in [4.69, 9.17) is 14.5 Å². The highest BCUT2D eigenvalue weighted by atomic mass is 32.1. The van der Waals surface area contributed by atoms with Crippen molar-refractivity contribution >= 4 is 17.3 Å². The van der Waals surface area contributed by atoms with Gasteiger partial charge >= 0.3 is 0 Å². The van der Waals surface area contributed by atoms with Gasteiger partial charge in [0.15, 0.2) is 5.96 Å². The van der Waals surface area contributed by atoms with Crippen molar-refractivity contribution in [2.24, 2.45) is 4.99 Å². The molecule has 0 radical (unpaired) electrons. The zero-order chi connectivity index (χ0) is 21.9. The molecular weight excluding hydrogens is 412 g/mol. The lowest BCUT2D eigenvalue weighted by Crippen LogP contribution is -2.44. The summed E-state index contributed by atoms with van der Waals surface area (Å²) in [4.78, 5) is 7.99. The van der Waals surface area contributed by atoms with E-state index < -0.39 is 5.60 Å². The van der Waals surface area contributed by atoms with Gasteiger partial charge in [-0.3, -0.25) is 4.90 Å². The Kier molecular flexibility index (Phi) is 9.14. The molecule has 1 aromatic heterocycles. The molecule has 0 aliphatic carbocycles. The summed E-state index contributed by atoms with van der Waals surface area (Å²) < 4.78 is 11.5. The minimum atomic E-state index is -0.954. The fraction of sp³-hybridized carbons (Fsp3) is 0.522. The highest BCUT2D eigenvalue weighted by Gasteiger charge is 2.24. The first-order chi connectivity index (χ1) is 15.1. The molecule has 1 unspecified atom stereocenters. The SMILES string of the molecule is CCNC(=NCc1ccccc1OCCN1CCOCC1)NCC(C)(O)c1cccs1. The highest BCUT2D eigenvalue weighted by molar-refractivity contribution is 7.10. The Labute approximate surface area is 189 Å². The van der Waals surface area contributed by atoms with Gasteiger partial charge in [-0.1, -0.05) is 24.3 Å². The predicted molar refractivity (Wildman–Crippen MR) is 126 cm³/mol. The number of nitrogens with zero attached hydrogens (tertiary/aromatic N) is 2. The van der Waals surface area contributed by atoms with E-state index in [9.17, 15) is 5.11 Å². The third kappa shape index (κ3) is 7.50. The molecule has 1 aromatic carbocycles. The molecule has 1 aliphatic rings. The molecular formula is C23H34N4O3S. The smallest absolute Gasteiger partial charge is 0.191 e. The molecule has 2 heterocycles. The Hall–Kier alpha value is -2.13. The summed E-state index contributed by atoms with van der Waals surface area (Å²) in [5.41, 5.74) is 0.0805. The van der Waals surface area contributed by atoms with Crippen LogP contribution in [0.15, 0.2) is 46.8 Å². The van der Waals surface area contributed by atoms with Crippen LogP contribution in [-0.2, 0) is 16.9 Å². The number of thiophene rings is 1. The second kappa shape index (κ2) is 12.0. The molecule has 0 amide bonds. The maximum absolute atomic E-state index is 10.8. The number of ether oxygens (including phenoxy) is 2. The molecule has 7 nitrogen and oxygen atoms in total. The lowest BCUT2D eigenvalue weighted by molar-refractivity contribution is 0.0322. The number of benzene rings is 1. The van der Waals surface area contributed by atoms with Gasteiger partial charge in [-0.25, -0.2) is 4.99 Å². The summed E-state index contributed by atoms with van der Waals surface area (Å²) in [5, 5.41) is 19.2. The third-order valence-electron chi connectivity index (χ3n) is 5.15. The van der Waals surface area contributed by atoms with E-state index in [0.29, 0.717) is 25.7 Å². The standard InChI is InChI=1S/C23H34N4O3S/c1-3-24-22(26-18-23(2,28)21-9-6-16-31-21)25-17-19-7-4-5-8-20(19)30-15-12-27-10-13-29-14-11-27/h4-9,16,28H,3,10-15,17-18H2,1-2H3,(H2,24,25,26). The van der Waals surface area contributed by atoms with Gasteiger partial charge in [-0.15, -0.1) is 11.3 Å². The minimum absolute atomic E-state index is 0.372. The number of hydrogen-bond acceptors (Lipinski definition) is 6. The van der Waals surface area contributed by atoms with Crippen molar-refractivity contribution in [2.75, 3.05) is 52.5 Å². The van der Waals surface area contributed by atoms with Crippen LogP contribution in [-0.4, -0.2) is 68.5 Å². The topological polar surface area (TPSA) is 78.4 Å². The largest absolute Gasteiger partial charge is 0.492 e. The van der Waals surface area contributed by atoms with E-state index in [-0.39, 0.29) is 0 Å². The first-order valence-corrected chi connectivity index (χ1v) is 11.8. The van der Waals surface area contributed by atoms with Gasteiger partial charge in [0, 0.05) is 36.6 Å². The fourth-order valence-corrected chi connectivity index (χ4v) is 4.11. The van der Waals surface area contributed by atoms with Crippen LogP contribution in [0.4, 0.5) is 0 Å². The quantitative estimate of drug-likeness (QED) is 0.384. The molecule has 170 valence electrons. The normalized spacial score (nSPS) is 17.2. The molecule has 0 spiro atoms. The number of hydrogen-bond donors (Lipinski definition) is 3. The predicted octanol–water partition coefficient (Wildman–Crippen LogP) is 2.42. The Morgan fingerprint density at radius 1 is 1.23 bits per heavy atom. The van der Waals surface area contributed by atoms with Crippen LogP contribution in [0, 0.1) is 0 Å². The number of guanidine groups is 1. The molecule has 1 fully saturated rings. The van der Waals surface area contributed by atoms with Gasteiger partial charge in [-0.2, -0.15) is 0 Å². The van der Waals surface area contributed by atoms with Gasteiger partial charge in [0.1, 0.15) is 18.0 Å². The summed E-state index contributed by atoms with van der Waals surface area (Å²) in [6, 6.07) is 11.9. The van der Waals surface area contributed by atoms with Crippen LogP contribution in [0.2, 0.25) is 0 Å². The Balaban J connectivity index is 1.56. The Morgan fingerprint density at radius 2 is 2.03 bits per heavy atom. The van der Waals surface area contributed by atoms with Gasteiger partial charge in [0.05, 0.1) is 26.3 Å². The number of morpholine rings is 1. The van der Waals surface area contributed by atoms with Crippen LogP contribution < -0.4 is 15.4 Å². The second-order valence-electron chi connectivity index (χ2n) is 7.71. The average molecular weight is 447 g/mol. The van der Waals surface area contributed by atoms with Crippen molar-refractivity contribution in [3.63, 3.8) is 0 Å². The first kappa shape index (κ1) is 23.5. The number of nitrogens with one attached hydrogen (secondary N) is 2. The van der Waals surface area contributed by atoms with Crippen molar-refractivity contribution < 1.29 is 14.6 Å². The van der Waals surface area contributed by atoms with Crippen molar-refractivity contribution in [1.82, 2.24) is 15.5 Å². The van der Waals surface area contributed by atoms with Gasteiger partial charge in [-0.05, 0) is 31.4 Å². The number of rotatable bonds is 10. The van der Waals surface area contributed by atoms with E-state index in [2.05, 4.69) is 15.5 Å². The second-order valence-corrected chi connectivity index (χ2v) is 8.66. The summed E-state index contributed by atoms with van der Waals surface area (Å²) in [6.45, 7) is 10.5. The van der Waals surface area contributed by atoms with Gasteiger partial charge < -0.3 is 25.2 Å². The van der Waals surface area contributed by atoms with E-state index in [1.54, 1.807) is 11.3 Å². The van der Waals surface area contributed by atoms with Crippen molar-refractivity contribution in [1.29, 1.82) is 0 Å². The summed E-state index contributed by atoms with van der Waals surface area (Å²) >= 11 is 1.55. The zero-order valence-electron chi connectivity index (χ0n) is 18.5. The molecule has 1 atom stereocenters. The van der Waals surface area contributed by atoms with E-state index in [0.717, 1.165) is 55.6 Å². The van der Waals surface area contributed by atoms with Crippen molar-refractivity contribution in [3.05, 3.63) is 52.2 Å². The molecule has 2 aromatic rings. The first-order valence-electron chi connectivity index (χ1n) is 10.9. The van der Waals surface area contributed by atoms with Crippen LogP contribution in [0.25, 0.3) is 0 Å². The average Bonchev–Trinajstić information content (AvgIpc) is 3.33. The van der Waals surface area contributed by atoms with E-state index in [1.165, 1.54) is 0 Å². The maximum Gasteiger partial charge on any atom is 0.191 e. The van der Waals surface area contributed by atoms with Gasteiger partial charge in [0.2, 0.25) is 0 Å². The molecule has 3 N–H and O–H groups in total. The lowest BCUT2D eigenvalue weighted by Gasteiger charge is -2.26. The maximum atomic E-state index is 10.8. The molecule has 31 heavy (non-hydrogen) atoms. The third-order valence-corrected chi connectivity index (χ3v) is 6.27. The van der Waals surface area contributed by atoms with Crippen LogP contribution in [0.3, 0.4) is 0 Å². The molecule has 1 aliphatic heterocycles. The number of aliphatic imine (C=N–C) groups is 1. The van der Waals surface area contributed by atoms with E-state index in [1.807, 2.05) is 55.6 Å². The molecule has 8 heteroatoms. The molecule has 0 bridgehead atoms. The van der Waals surface area contributed by atoms with Crippen LogP contribution in [0.1, 0.15) is 24.3 Å². The monoisotopic (exact) mass is 446 g/mol. The van der Waals surface area contributed by atoms with Crippen LogP contribution >= 0.6 is 11.3 Å².